The molecule has 0 amide bonds. The van der Waals surface area contributed by atoms with Gasteiger partial charge in [0.05, 0.1) is 11.6 Å². The number of benzene rings is 2. The van der Waals surface area contributed by atoms with E-state index in [1.54, 1.807) is 0 Å². The van der Waals surface area contributed by atoms with Crippen molar-refractivity contribution in [1.82, 2.24) is 14.8 Å². The van der Waals surface area contributed by atoms with Crippen molar-refractivity contribution in [3.63, 3.8) is 0 Å². The fraction of sp³-hybridized carbons (Fsp3) is 0.333. The van der Waals surface area contributed by atoms with Gasteiger partial charge in [0.25, 0.3) is 0 Å². The Morgan fingerprint density at radius 1 is 0.867 bits per heavy atom. The number of carbonyl (C=O) groups excluding carboxylic acids is 1. The number of carboxylic acid groups (broad SMARTS) is 2. The Bertz CT molecular complexity index is 1600. The number of likely N-dealkylation sites (tertiary alicyclic amines) is 1. The summed E-state index contributed by atoms with van der Waals surface area (Å²) in [6, 6.07) is 25.5. The Hall–Kier alpha value is -4.18. The second-order valence-corrected chi connectivity index (χ2v) is 12.5. The number of nitrogens with zero attached hydrogens (tertiary/aromatic N) is 3. The molecule has 2 aromatic carbocycles. The van der Waals surface area contributed by atoms with Crippen LogP contribution in [0.2, 0.25) is 0 Å². The topological polar surface area (TPSA) is 111 Å². The van der Waals surface area contributed by atoms with Crippen LogP contribution in [0.25, 0.3) is 15.7 Å². The van der Waals surface area contributed by atoms with E-state index < -0.39 is 11.9 Å². The summed E-state index contributed by atoms with van der Waals surface area (Å²) in [6.45, 7) is 5.84. The third-order valence-corrected chi connectivity index (χ3v) is 9.63. The molecule has 2 N–H and O–H groups in total. The number of aliphatic carboxylic acids is 2. The summed E-state index contributed by atoms with van der Waals surface area (Å²) in [7, 11) is 0. The molecule has 0 bridgehead atoms. The molecule has 0 radical (unpaired) electrons. The molecule has 1 saturated heterocycles. The summed E-state index contributed by atoms with van der Waals surface area (Å²) in [5.41, 5.74) is 5.13. The van der Waals surface area contributed by atoms with Crippen molar-refractivity contribution in [1.29, 1.82) is 0 Å². The first-order valence-electron chi connectivity index (χ1n) is 15.4. The van der Waals surface area contributed by atoms with E-state index in [1.807, 2.05) is 35.7 Å². The SMILES string of the molecule is O=C(C1CCN(Cc2ccccc2)CC1)C(CCN1CC=C(c2cccc3ccsc23)CC1)c1ccccn1.O=C(O)C(=O)O. The molecular weight excluding hydrogens is 586 g/mol. The number of hydrogen-bond donors (Lipinski definition) is 2. The van der Waals surface area contributed by atoms with E-state index in [0.717, 1.165) is 70.6 Å². The van der Waals surface area contributed by atoms with E-state index in [2.05, 4.69) is 80.8 Å². The number of pyridine rings is 1. The third kappa shape index (κ3) is 8.72. The van der Waals surface area contributed by atoms with Gasteiger partial charge in [0.15, 0.2) is 0 Å². The molecule has 0 saturated carbocycles. The lowest BCUT2D eigenvalue weighted by Crippen LogP contribution is -2.38. The number of fused-ring (bicyclic) bond motifs is 1. The predicted octanol–water partition coefficient (Wildman–Crippen LogP) is 6.20. The van der Waals surface area contributed by atoms with Crippen LogP contribution in [0.5, 0.6) is 0 Å². The van der Waals surface area contributed by atoms with Gasteiger partial charge in [-0.3, -0.25) is 19.6 Å². The maximum absolute atomic E-state index is 13.9. The van der Waals surface area contributed by atoms with E-state index in [0.29, 0.717) is 5.78 Å². The van der Waals surface area contributed by atoms with Gasteiger partial charge in [-0.25, -0.2) is 9.59 Å². The monoisotopic (exact) mass is 625 g/mol. The summed E-state index contributed by atoms with van der Waals surface area (Å²) in [5, 5.41) is 18.3. The molecule has 234 valence electrons. The highest BCUT2D eigenvalue weighted by Crippen LogP contribution is 2.33. The van der Waals surface area contributed by atoms with Crippen LogP contribution in [0.15, 0.2) is 90.4 Å². The maximum Gasteiger partial charge on any atom is 0.414 e. The maximum atomic E-state index is 13.9. The van der Waals surface area contributed by atoms with Crippen molar-refractivity contribution in [3.8, 4) is 0 Å². The average molecular weight is 626 g/mol. The van der Waals surface area contributed by atoms with Gasteiger partial charge in [0, 0.05) is 36.4 Å². The minimum atomic E-state index is -1.82. The van der Waals surface area contributed by atoms with Crippen molar-refractivity contribution < 1.29 is 24.6 Å². The second kappa shape index (κ2) is 15.7. The van der Waals surface area contributed by atoms with E-state index >= 15 is 0 Å². The zero-order valence-electron chi connectivity index (χ0n) is 25.3. The van der Waals surface area contributed by atoms with Crippen LogP contribution in [0, 0.1) is 5.92 Å². The normalized spacial score (nSPS) is 16.8. The molecule has 0 aliphatic carbocycles. The Labute approximate surface area is 267 Å². The fourth-order valence-corrected chi connectivity index (χ4v) is 7.19. The number of ketones is 1. The number of carbonyl (C=O) groups is 3. The van der Waals surface area contributed by atoms with Gasteiger partial charge in [-0.15, -0.1) is 11.3 Å². The Kier molecular flexibility index (Phi) is 11.2. The van der Waals surface area contributed by atoms with Crippen LogP contribution in [0.3, 0.4) is 0 Å². The number of piperidine rings is 1. The van der Waals surface area contributed by atoms with Crippen LogP contribution in [0.4, 0.5) is 0 Å². The van der Waals surface area contributed by atoms with E-state index in [9.17, 15) is 4.79 Å². The number of aromatic nitrogens is 1. The molecule has 1 unspecified atom stereocenters. The molecule has 9 heteroatoms. The molecule has 4 aromatic rings. The van der Waals surface area contributed by atoms with Crippen molar-refractivity contribution in [2.75, 3.05) is 32.7 Å². The lowest BCUT2D eigenvalue weighted by molar-refractivity contribution is -0.159. The van der Waals surface area contributed by atoms with Gasteiger partial charge >= 0.3 is 11.9 Å². The number of hydrogen-bond acceptors (Lipinski definition) is 7. The number of carboxylic acids is 2. The highest BCUT2D eigenvalue weighted by Gasteiger charge is 2.32. The summed E-state index contributed by atoms with van der Waals surface area (Å²) in [4.78, 5) is 41.7. The first kappa shape index (κ1) is 32.2. The summed E-state index contributed by atoms with van der Waals surface area (Å²) in [5.74, 6) is -3.25. The molecule has 0 spiro atoms. The summed E-state index contributed by atoms with van der Waals surface area (Å²) in [6.07, 6.45) is 8.01. The molecule has 2 aromatic heterocycles. The van der Waals surface area contributed by atoms with Gasteiger partial charge < -0.3 is 10.2 Å². The van der Waals surface area contributed by atoms with Crippen molar-refractivity contribution >= 4 is 44.7 Å². The van der Waals surface area contributed by atoms with Gasteiger partial charge in [0.1, 0.15) is 5.78 Å². The van der Waals surface area contributed by atoms with Crippen molar-refractivity contribution in [2.24, 2.45) is 5.92 Å². The molecule has 1 atom stereocenters. The van der Waals surface area contributed by atoms with E-state index in [-0.39, 0.29) is 11.8 Å². The van der Waals surface area contributed by atoms with Crippen LogP contribution in [-0.2, 0) is 20.9 Å². The number of Topliss-reactive ketones (excluding diaryl/α,β-unsaturated/α-hetero) is 1. The molecule has 2 aliphatic heterocycles. The largest absolute Gasteiger partial charge is 0.473 e. The molecule has 6 rings (SSSR count). The zero-order valence-corrected chi connectivity index (χ0v) is 26.1. The van der Waals surface area contributed by atoms with Crippen molar-refractivity contribution in [2.45, 2.75) is 38.1 Å². The van der Waals surface area contributed by atoms with Gasteiger partial charge in [0.2, 0.25) is 0 Å². The van der Waals surface area contributed by atoms with Crippen molar-refractivity contribution in [3.05, 3.63) is 107 Å². The number of rotatable bonds is 9. The highest BCUT2D eigenvalue weighted by atomic mass is 32.1. The van der Waals surface area contributed by atoms with E-state index in [1.165, 1.54) is 26.8 Å². The minimum Gasteiger partial charge on any atom is -0.473 e. The molecule has 8 nitrogen and oxygen atoms in total. The van der Waals surface area contributed by atoms with Gasteiger partial charge in [-0.2, -0.15) is 0 Å². The quantitative estimate of drug-likeness (QED) is 0.212. The standard InChI is InChI=1S/C34H37N3OS.C2H2O4/c38-33(28-14-21-37(22-15-28)25-26-7-2-1-3-8-26)31(32-11-4-5-18-35-32)16-23-36-19-12-27(13-20-36)30-10-6-9-29-17-24-39-34(29)30;3-1(4)2(5)6/h1-12,17-18,24,28,31H,13-16,19-23,25H2;(H,3,4)(H,5,6). The summed E-state index contributed by atoms with van der Waals surface area (Å²) >= 11 is 1.84. The van der Waals surface area contributed by atoms with Crippen LogP contribution < -0.4 is 0 Å². The predicted molar refractivity (Wildman–Crippen MR) is 177 cm³/mol. The van der Waals surface area contributed by atoms with Crippen LogP contribution in [-0.4, -0.2) is 75.4 Å². The molecule has 2 aliphatic rings. The zero-order chi connectivity index (χ0) is 31.6. The first-order valence-corrected chi connectivity index (χ1v) is 16.3. The average Bonchev–Trinajstić information content (AvgIpc) is 3.56. The number of thiophene rings is 1. The molecule has 1 fully saturated rings. The first-order chi connectivity index (χ1) is 21.9. The second-order valence-electron chi connectivity index (χ2n) is 11.6. The Morgan fingerprint density at radius 3 is 2.29 bits per heavy atom. The molecule has 4 heterocycles. The van der Waals surface area contributed by atoms with Crippen LogP contribution >= 0.6 is 11.3 Å². The highest BCUT2D eigenvalue weighted by molar-refractivity contribution is 7.17. The molecular formula is C36H39N3O5S. The lowest BCUT2D eigenvalue weighted by Gasteiger charge is -2.33. The third-order valence-electron chi connectivity index (χ3n) is 8.66. The Morgan fingerprint density at radius 2 is 1.62 bits per heavy atom. The fourth-order valence-electron chi connectivity index (χ4n) is 6.24. The van der Waals surface area contributed by atoms with Gasteiger partial charge in [-0.1, -0.05) is 60.7 Å². The minimum absolute atomic E-state index is 0.123. The summed E-state index contributed by atoms with van der Waals surface area (Å²) < 4.78 is 1.40. The lowest BCUT2D eigenvalue weighted by atomic mass is 9.82. The Balaban J connectivity index is 0.000000609. The van der Waals surface area contributed by atoms with E-state index in [4.69, 9.17) is 19.8 Å². The molecule has 45 heavy (non-hydrogen) atoms. The van der Waals surface area contributed by atoms with Gasteiger partial charge in [-0.05, 0) is 91.0 Å². The van der Waals surface area contributed by atoms with Crippen LogP contribution in [0.1, 0.15) is 48.4 Å². The smallest absolute Gasteiger partial charge is 0.414 e.